The minimum absolute atomic E-state index is 0.130. The molecule has 2 aromatic carbocycles. The van der Waals surface area contributed by atoms with Gasteiger partial charge in [0.1, 0.15) is 5.82 Å². The molecule has 5 nitrogen and oxygen atoms in total. The van der Waals surface area contributed by atoms with Gasteiger partial charge in [0, 0.05) is 49.4 Å². The molecule has 2 heterocycles. The summed E-state index contributed by atoms with van der Waals surface area (Å²) in [7, 11) is 0. The maximum absolute atomic E-state index is 14.6. The van der Waals surface area contributed by atoms with Crippen LogP contribution in [-0.2, 0) is 14.9 Å². The van der Waals surface area contributed by atoms with Crippen molar-refractivity contribution in [2.75, 3.05) is 44.3 Å². The van der Waals surface area contributed by atoms with Crippen LogP contribution in [-0.4, -0.2) is 56.0 Å². The highest BCUT2D eigenvalue weighted by atomic mass is 79.9. The molecule has 0 atom stereocenters. The van der Waals surface area contributed by atoms with Crippen molar-refractivity contribution in [1.29, 1.82) is 0 Å². The average Bonchev–Trinajstić information content (AvgIpc) is 2.79. The Morgan fingerprint density at radius 1 is 1.00 bits per heavy atom. The average molecular weight is 489 g/mol. The standard InChI is InChI=1S/C24H26BrFN2O3/c1-17(29)18-2-7-22(21(26)16-18)27-10-12-28(13-11-27)23(30)24(8-14-31-15-9-24)19-3-5-20(25)6-4-19/h2-7,16H,8-15H2,1H3. The summed E-state index contributed by atoms with van der Waals surface area (Å²) in [5, 5.41) is 0. The number of Topliss-reactive ketones (excluding diaryl/α,β-unsaturated/α-hetero) is 1. The molecule has 0 aliphatic carbocycles. The molecule has 0 N–H and O–H groups in total. The molecule has 0 spiro atoms. The van der Waals surface area contributed by atoms with E-state index in [4.69, 9.17) is 4.74 Å². The fourth-order valence-corrected chi connectivity index (χ4v) is 4.81. The van der Waals surface area contributed by atoms with Crippen LogP contribution in [0.2, 0.25) is 0 Å². The van der Waals surface area contributed by atoms with Gasteiger partial charge in [-0.25, -0.2) is 4.39 Å². The molecule has 7 heteroatoms. The number of amides is 1. The van der Waals surface area contributed by atoms with E-state index in [0.717, 1.165) is 10.0 Å². The van der Waals surface area contributed by atoms with Crippen LogP contribution in [0.1, 0.15) is 35.7 Å². The Hall–Kier alpha value is -2.25. The summed E-state index contributed by atoms with van der Waals surface area (Å²) in [5.74, 6) is -0.427. The number of ether oxygens (including phenoxy) is 1. The number of carbonyl (C=O) groups is 2. The fourth-order valence-electron chi connectivity index (χ4n) is 4.55. The Morgan fingerprint density at radius 3 is 2.23 bits per heavy atom. The first kappa shape index (κ1) is 22.0. The zero-order chi connectivity index (χ0) is 22.0. The highest BCUT2D eigenvalue weighted by Gasteiger charge is 2.44. The third-order valence-corrected chi connectivity index (χ3v) is 6.94. The maximum Gasteiger partial charge on any atom is 0.233 e. The Morgan fingerprint density at radius 2 is 1.65 bits per heavy atom. The number of benzene rings is 2. The number of hydrogen-bond acceptors (Lipinski definition) is 4. The quantitative estimate of drug-likeness (QED) is 0.605. The van der Waals surface area contributed by atoms with Gasteiger partial charge in [-0.2, -0.15) is 0 Å². The van der Waals surface area contributed by atoms with Crippen LogP contribution in [0.4, 0.5) is 10.1 Å². The first-order chi connectivity index (χ1) is 14.9. The summed E-state index contributed by atoms with van der Waals surface area (Å²) in [5.41, 5.74) is 1.30. The van der Waals surface area contributed by atoms with E-state index in [-0.39, 0.29) is 11.7 Å². The number of carbonyl (C=O) groups excluding carboxylic acids is 2. The fraction of sp³-hybridized carbons (Fsp3) is 0.417. The molecule has 2 aliphatic heterocycles. The van der Waals surface area contributed by atoms with Crippen LogP contribution in [0.3, 0.4) is 0 Å². The number of ketones is 1. The van der Waals surface area contributed by atoms with E-state index in [1.165, 1.54) is 13.0 Å². The summed E-state index contributed by atoms with van der Waals surface area (Å²) < 4.78 is 21.1. The first-order valence-corrected chi connectivity index (χ1v) is 11.4. The number of piperazine rings is 1. The summed E-state index contributed by atoms with van der Waals surface area (Å²) >= 11 is 3.47. The van der Waals surface area contributed by atoms with Gasteiger partial charge in [-0.15, -0.1) is 0 Å². The van der Waals surface area contributed by atoms with Crippen molar-refractivity contribution >= 4 is 33.3 Å². The molecule has 0 unspecified atom stereocenters. The lowest BCUT2D eigenvalue weighted by atomic mass is 9.73. The molecule has 0 bridgehead atoms. The molecule has 0 radical (unpaired) electrons. The van der Waals surface area contributed by atoms with Gasteiger partial charge in [-0.3, -0.25) is 9.59 Å². The minimum Gasteiger partial charge on any atom is -0.381 e. The van der Waals surface area contributed by atoms with Gasteiger partial charge in [-0.05, 0) is 55.7 Å². The van der Waals surface area contributed by atoms with E-state index in [1.807, 2.05) is 34.1 Å². The van der Waals surface area contributed by atoms with Crippen molar-refractivity contribution < 1.29 is 18.7 Å². The van der Waals surface area contributed by atoms with E-state index in [1.54, 1.807) is 12.1 Å². The number of hydrogen-bond donors (Lipinski definition) is 0. The molecule has 0 aromatic heterocycles. The molecule has 31 heavy (non-hydrogen) atoms. The predicted octanol–water partition coefficient (Wildman–Crippen LogP) is 4.19. The van der Waals surface area contributed by atoms with Gasteiger partial charge in [-0.1, -0.05) is 28.1 Å². The zero-order valence-electron chi connectivity index (χ0n) is 17.6. The molecule has 2 saturated heterocycles. The van der Waals surface area contributed by atoms with Crippen molar-refractivity contribution in [1.82, 2.24) is 4.90 Å². The monoisotopic (exact) mass is 488 g/mol. The van der Waals surface area contributed by atoms with Crippen LogP contribution in [0.5, 0.6) is 0 Å². The molecule has 1 amide bonds. The molecule has 2 aromatic rings. The zero-order valence-corrected chi connectivity index (χ0v) is 19.2. The van der Waals surface area contributed by atoms with Crippen LogP contribution in [0.25, 0.3) is 0 Å². The lowest BCUT2D eigenvalue weighted by Gasteiger charge is -2.43. The van der Waals surface area contributed by atoms with Gasteiger partial charge in [0.15, 0.2) is 5.78 Å². The van der Waals surface area contributed by atoms with Crippen molar-refractivity contribution in [3.63, 3.8) is 0 Å². The van der Waals surface area contributed by atoms with Gasteiger partial charge >= 0.3 is 0 Å². The van der Waals surface area contributed by atoms with Crippen molar-refractivity contribution in [2.24, 2.45) is 0 Å². The van der Waals surface area contributed by atoms with Crippen molar-refractivity contribution in [3.05, 3.63) is 63.9 Å². The van der Waals surface area contributed by atoms with Gasteiger partial charge < -0.3 is 14.5 Å². The van der Waals surface area contributed by atoms with E-state index < -0.39 is 11.2 Å². The topological polar surface area (TPSA) is 49.9 Å². The van der Waals surface area contributed by atoms with E-state index >= 15 is 0 Å². The Labute approximate surface area is 190 Å². The van der Waals surface area contributed by atoms with Crippen LogP contribution in [0, 0.1) is 5.82 Å². The second kappa shape index (κ2) is 9.09. The van der Waals surface area contributed by atoms with Crippen molar-refractivity contribution in [2.45, 2.75) is 25.2 Å². The summed E-state index contributed by atoms with van der Waals surface area (Å²) in [4.78, 5) is 29.1. The molecule has 2 aliphatic rings. The smallest absolute Gasteiger partial charge is 0.233 e. The third kappa shape index (κ3) is 4.39. The lowest BCUT2D eigenvalue weighted by Crippen LogP contribution is -2.56. The summed E-state index contributed by atoms with van der Waals surface area (Å²) in [6, 6.07) is 12.6. The molecular formula is C24H26BrFN2O3. The second-order valence-corrected chi connectivity index (χ2v) is 9.12. The highest BCUT2D eigenvalue weighted by Crippen LogP contribution is 2.38. The lowest BCUT2D eigenvalue weighted by molar-refractivity contribution is -0.141. The van der Waals surface area contributed by atoms with Gasteiger partial charge in [0.2, 0.25) is 5.91 Å². The molecule has 4 rings (SSSR count). The minimum atomic E-state index is -0.574. The summed E-state index contributed by atoms with van der Waals surface area (Å²) in [6.45, 7) is 4.73. The molecule has 2 fully saturated rings. The van der Waals surface area contributed by atoms with E-state index in [0.29, 0.717) is 63.5 Å². The van der Waals surface area contributed by atoms with Crippen LogP contribution >= 0.6 is 15.9 Å². The Kier molecular flexibility index (Phi) is 6.44. The highest BCUT2D eigenvalue weighted by molar-refractivity contribution is 9.10. The first-order valence-electron chi connectivity index (χ1n) is 10.6. The molecular weight excluding hydrogens is 463 g/mol. The predicted molar refractivity (Wildman–Crippen MR) is 121 cm³/mol. The van der Waals surface area contributed by atoms with Crippen LogP contribution < -0.4 is 4.90 Å². The molecule has 164 valence electrons. The van der Waals surface area contributed by atoms with Gasteiger partial charge in [0.05, 0.1) is 11.1 Å². The Balaban J connectivity index is 1.50. The number of nitrogens with zero attached hydrogens (tertiary/aromatic N) is 2. The van der Waals surface area contributed by atoms with E-state index in [2.05, 4.69) is 15.9 Å². The molecule has 0 saturated carbocycles. The van der Waals surface area contributed by atoms with E-state index in [9.17, 15) is 14.0 Å². The summed E-state index contributed by atoms with van der Waals surface area (Å²) in [6.07, 6.45) is 1.32. The Bertz CT molecular complexity index is 965. The normalized spacial score (nSPS) is 18.7. The third-order valence-electron chi connectivity index (χ3n) is 6.41. The SMILES string of the molecule is CC(=O)c1ccc(N2CCN(C(=O)C3(c4ccc(Br)cc4)CCOCC3)CC2)c(F)c1. The maximum atomic E-state index is 14.6. The number of anilines is 1. The second-order valence-electron chi connectivity index (χ2n) is 8.20. The van der Waals surface area contributed by atoms with Gasteiger partial charge in [0.25, 0.3) is 0 Å². The number of halogens is 2. The van der Waals surface area contributed by atoms with Crippen LogP contribution in [0.15, 0.2) is 46.9 Å². The largest absolute Gasteiger partial charge is 0.381 e. The number of rotatable bonds is 4. The van der Waals surface area contributed by atoms with Crippen molar-refractivity contribution in [3.8, 4) is 0 Å².